The van der Waals surface area contributed by atoms with Gasteiger partial charge >= 0.3 is 6.03 Å². The number of carbonyl (C=O) groups is 1. The maximum atomic E-state index is 12.6. The zero-order chi connectivity index (χ0) is 20.2. The molecule has 0 spiro atoms. The number of piperazine rings is 1. The lowest BCUT2D eigenvalue weighted by Crippen LogP contribution is -2.50. The van der Waals surface area contributed by atoms with E-state index in [1.807, 2.05) is 42.3 Å². The third-order valence-corrected chi connectivity index (χ3v) is 6.16. The van der Waals surface area contributed by atoms with E-state index in [2.05, 4.69) is 26.2 Å². The normalized spacial score (nSPS) is 17.0. The van der Waals surface area contributed by atoms with Crippen molar-refractivity contribution in [2.24, 2.45) is 0 Å². The summed E-state index contributed by atoms with van der Waals surface area (Å²) in [6.07, 6.45) is 4.49. The van der Waals surface area contributed by atoms with Crippen molar-refractivity contribution in [3.63, 3.8) is 0 Å². The van der Waals surface area contributed by atoms with E-state index in [1.54, 1.807) is 11.8 Å². The summed E-state index contributed by atoms with van der Waals surface area (Å²) in [5, 5.41) is 3.01. The summed E-state index contributed by atoms with van der Waals surface area (Å²) in [5.41, 5.74) is 1.83. The lowest BCUT2D eigenvalue weighted by Gasteiger charge is -2.35. The summed E-state index contributed by atoms with van der Waals surface area (Å²) in [6, 6.07) is 9.95. The highest BCUT2D eigenvalue weighted by Crippen LogP contribution is 2.23. The van der Waals surface area contributed by atoms with Gasteiger partial charge in [0.1, 0.15) is 5.82 Å². The van der Waals surface area contributed by atoms with E-state index in [4.69, 9.17) is 4.98 Å². The molecule has 0 bridgehead atoms. The van der Waals surface area contributed by atoms with Crippen molar-refractivity contribution in [3.8, 4) is 0 Å². The van der Waals surface area contributed by atoms with Gasteiger partial charge in [-0.1, -0.05) is 6.07 Å². The van der Waals surface area contributed by atoms with E-state index in [1.165, 1.54) is 12.8 Å². The van der Waals surface area contributed by atoms with E-state index in [0.29, 0.717) is 13.1 Å². The Morgan fingerprint density at radius 3 is 2.48 bits per heavy atom. The molecule has 0 saturated carbocycles. The molecule has 3 heterocycles. The number of benzene rings is 1. The van der Waals surface area contributed by atoms with Gasteiger partial charge in [0.15, 0.2) is 0 Å². The summed E-state index contributed by atoms with van der Waals surface area (Å²) in [7, 11) is 0. The number of carbonyl (C=O) groups excluding carboxylic acids is 1. The number of anilines is 3. The van der Waals surface area contributed by atoms with Crippen molar-refractivity contribution in [2.75, 3.05) is 60.6 Å². The van der Waals surface area contributed by atoms with Crippen LogP contribution < -0.4 is 15.1 Å². The number of nitrogens with one attached hydrogen (secondary N) is 1. The van der Waals surface area contributed by atoms with Gasteiger partial charge in [-0.2, -0.15) is 4.98 Å². The van der Waals surface area contributed by atoms with Crippen molar-refractivity contribution in [1.29, 1.82) is 0 Å². The Morgan fingerprint density at radius 1 is 1.00 bits per heavy atom. The molecule has 2 aliphatic rings. The fourth-order valence-corrected chi connectivity index (χ4v) is 4.26. The van der Waals surface area contributed by atoms with Crippen LogP contribution in [0.25, 0.3) is 0 Å². The lowest BCUT2D eigenvalue weighted by atomic mass is 10.3. The molecule has 7 nitrogen and oxygen atoms in total. The van der Waals surface area contributed by atoms with Crippen LogP contribution in [0.15, 0.2) is 35.2 Å². The minimum Gasteiger partial charge on any atom is -0.356 e. The van der Waals surface area contributed by atoms with Crippen molar-refractivity contribution in [1.82, 2.24) is 14.9 Å². The molecule has 2 aromatic rings. The molecule has 2 saturated heterocycles. The van der Waals surface area contributed by atoms with E-state index in [0.717, 1.165) is 54.2 Å². The Labute approximate surface area is 176 Å². The first-order chi connectivity index (χ1) is 14.1. The highest BCUT2D eigenvalue weighted by Gasteiger charge is 2.24. The van der Waals surface area contributed by atoms with Gasteiger partial charge in [-0.3, -0.25) is 0 Å². The largest absolute Gasteiger partial charge is 0.356 e. The predicted octanol–water partition coefficient (Wildman–Crippen LogP) is 3.46. The summed E-state index contributed by atoms with van der Waals surface area (Å²) < 4.78 is 0. The van der Waals surface area contributed by atoms with E-state index in [9.17, 15) is 4.79 Å². The van der Waals surface area contributed by atoms with Crippen LogP contribution in [0.1, 0.15) is 18.5 Å². The van der Waals surface area contributed by atoms with Crippen LogP contribution in [0, 0.1) is 6.92 Å². The van der Waals surface area contributed by atoms with Crippen LogP contribution in [0.5, 0.6) is 0 Å². The molecule has 154 valence electrons. The van der Waals surface area contributed by atoms with Gasteiger partial charge in [0.25, 0.3) is 0 Å². The van der Waals surface area contributed by atoms with Gasteiger partial charge in [-0.15, -0.1) is 11.8 Å². The fourth-order valence-electron chi connectivity index (χ4n) is 3.80. The molecule has 0 atom stereocenters. The number of urea groups is 1. The van der Waals surface area contributed by atoms with E-state index < -0.39 is 0 Å². The highest BCUT2D eigenvalue weighted by atomic mass is 32.2. The number of hydrogen-bond acceptors (Lipinski definition) is 6. The Bertz CT molecular complexity index is 862. The Morgan fingerprint density at radius 2 is 1.76 bits per heavy atom. The second-order valence-electron chi connectivity index (χ2n) is 7.50. The quantitative estimate of drug-likeness (QED) is 0.776. The molecule has 0 radical (unpaired) electrons. The van der Waals surface area contributed by atoms with Crippen molar-refractivity contribution >= 4 is 35.2 Å². The molecule has 2 aliphatic heterocycles. The summed E-state index contributed by atoms with van der Waals surface area (Å²) in [5.74, 6) is 1.80. The van der Waals surface area contributed by atoms with E-state index >= 15 is 0 Å². The molecular weight excluding hydrogens is 384 g/mol. The van der Waals surface area contributed by atoms with E-state index in [-0.39, 0.29) is 6.03 Å². The molecule has 4 rings (SSSR count). The minimum atomic E-state index is -0.0502. The van der Waals surface area contributed by atoms with Gasteiger partial charge < -0.3 is 20.0 Å². The lowest BCUT2D eigenvalue weighted by molar-refractivity contribution is 0.208. The third kappa shape index (κ3) is 4.75. The maximum absolute atomic E-state index is 12.6. The molecule has 29 heavy (non-hydrogen) atoms. The highest BCUT2D eigenvalue weighted by molar-refractivity contribution is 7.98. The molecule has 2 amide bonds. The Hall–Kier alpha value is -2.48. The number of thioether (sulfide) groups is 1. The monoisotopic (exact) mass is 412 g/mol. The van der Waals surface area contributed by atoms with Crippen LogP contribution >= 0.6 is 11.8 Å². The Kier molecular flexibility index (Phi) is 6.08. The SMILES string of the molecule is CSc1cccc(NC(=O)N2CCN(c3nc(C)cc(N4CCCC4)n3)CC2)c1. The number of amides is 2. The molecule has 2 fully saturated rings. The standard InChI is InChI=1S/C21H28N6OS/c1-16-14-19(25-8-3-4-9-25)24-20(22-16)26-10-12-27(13-11-26)21(28)23-17-6-5-7-18(15-17)29-2/h5-7,14-15H,3-4,8-13H2,1-2H3,(H,23,28). The van der Waals surface area contributed by atoms with Crippen LogP contribution in [0.2, 0.25) is 0 Å². The second-order valence-corrected chi connectivity index (χ2v) is 8.38. The fraction of sp³-hybridized carbons (Fsp3) is 0.476. The molecular formula is C21H28N6OS. The molecule has 8 heteroatoms. The molecule has 0 unspecified atom stereocenters. The second kappa shape index (κ2) is 8.90. The van der Waals surface area contributed by atoms with Crippen molar-refractivity contribution in [3.05, 3.63) is 36.0 Å². The molecule has 1 N–H and O–H groups in total. The minimum absolute atomic E-state index is 0.0502. The van der Waals surface area contributed by atoms with Gasteiger partial charge in [0, 0.05) is 61.6 Å². The topological polar surface area (TPSA) is 64.6 Å². The average molecular weight is 413 g/mol. The molecule has 1 aromatic carbocycles. The third-order valence-electron chi connectivity index (χ3n) is 5.43. The van der Waals surface area contributed by atoms with Crippen LogP contribution in [-0.2, 0) is 0 Å². The van der Waals surface area contributed by atoms with Crippen molar-refractivity contribution < 1.29 is 4.79 Å². The first-order valence-electron chi connectivity index (χ1n) is 10.2. The predicted molar refractivity (Wildman–Crippen MR) is 119 cm³/mol. The Balaban J connectivity index is 1.37. The first-order valence-corrected chi connectivity index (χ1v) is 11.4. The number of hydrogen-bond donors (Lipinski definition) is 1. The number of rotatable bonds is 4. The smallest absolute Gasteiger partial charge is 0.321 e. The maximum Gasteiger partial charge on any atom is 0.321 e. The average Bonchev–Trinajstić information content (AvgIpc) is 3.28. The van der Waals surface area contributed by atoms with Crippen LogP contribution in [0.4, 0.5) is 22.2 Å². The molecule has 1 aromatic heterocycles. The van der Waals surface area contributed by atoms with Gasteiger partial charge in [-0.05, 0) is 44.2 Å². The summed E-state index contributed by atoms with van der Waals surface area (Å²) in [4.78, 5) is 29.6. The number of aryl methyl sites for hydroxylation is 1. The van der Waals surface area contributed by atoms with Gasteiger partial charge in [0.05, 0.1) is 0 Å². The molecule has 0 aliphatic carbocycles. The summed E-state index contributed by atoms with van der Waals surface area (Å²) >= 11 is 1.67. The zero-order valence-electron chi connectivity index (χ0n) is 17.1. The van der Waals surface area contributed by atoms with Gasteiger partial charge in [0.2, 0.25) is 5.95 Å². The zero-order valence-corrected chi connectivity index (χ0v) is 17.9. The number of nitrogens with zero attached hydrogens (tertiary/aromatic N) is 5. The van der Waals surface area contributed by atoms with Gasteiger partial charge in [-0.25, -0.2) is 9.78 Å². The number of aromatic nitrogens is 2. The first kappa shape index (κ1) is 19.8. The van der Waals surface area contributed by atoms with Crippen LogP contribution in [0.3, 0.4) is 0 Å². The van der Waals surface area contributed by atoms with Crippen LogP contribution in [-0.4, -0.2) is 66.4 Å². The van der Waals surface area contributed by atoms with Crippen molar-refractivity contribution in [2.45, 2.75) is 24.7 Å². The summed E-state index contributed by atoms with van der Waals surface area (Å²) in [6.45, 7) is 6.96.